The molecular formula is C17H24ClN. The molecule has 2 heteroatoms. The number of benzene rings is 1. The maximum absolute atomic E-state index is 4.64. The van der Waals surface area contributed by atoms with E-state index in [0.717, 1.165) is 18.6 Å². The third-order valence-corrected chi connectivity index (χ3v) is 2.38. The smallest absolute Gasteiger partial charge is 0.0698 e. The van der Waals surface area contributed by atoms with E-state index in [0.29, 0.717) is 0 Å². The van der Waals surface area contributed by atoms with Gasteiger partial charge in [0.1, 0.15) is 0 Å². The van der Waals surface area contributed by atoms with E-state index in [9.17, 15) is 0 Å². The number of halogens is 1. The Bertz CT molecular complexity index is 431. The highest BCUT2D eigenvalue weighted by Gasteiger charge is 1.98. The normalized spacial score (nSPS) is 11.7. The van der Waals surface area contributed by atoms with Gasteiger partial charge >= 0.3 is 0 Å². The highest BCUT2D eigenvalue weighted by Crippen LogP contribution is 2.07. The molecule has 0 bridgehead atoms. The van der Waals surface area contributed by atoms with Gasteiger partial charge < -0.3 is 0 Å². The SMILES string of the molecule is CC\C=C/C(=N\C=C\CC)c1cccc(C)c1.CCl. The van der Waals surface area contributed by atoms with Crippen LogP contribution in [0.25, 0.3) is 0 Å². The zero-order valence-corrected chi connectivity index (χ0v) is 13.1. The molecular weight excluding hydrogens is 254 g/mol. The monoisotopic (exact) mass is 277 g/mol. The van der Waals surface area contributed by atoms with Crippen LogP contribution in [0, 0.1) is 6.92 Å². The summed E-state index contributed by atoms with van der Waals surface area (Å²) in [5.74, 6) is 0. The Balaban J connectivity index is 0.00000154. The Morgan fingerprint density at radius 3 is 2.42 bits per heavy atom. The van der Waals surface area contributed by atoms with Gasteiger partial charge in [-0.25, -0.2) is 0 Å². The Morgan fingerprint density at radius 1 is 1.16 bits per heavy atom. The molecule has 0 unspecified atom stereocenters. The van der Waals surface area contributed by atoms with Gasteiger partial charge in [-0.3, -0.25) is 4.99 Å². The third-order valence-electron chi connectivity index (χ3n) is 2.38. The van der Waals surface area contributed by atoms with Gasteiger partial charge in [0, 0.05) is 18.1 Å². The van der Waals surface area contributed by atoms with Crippen LogP contribution < -0.4 is 0 Å². The van der Waals surface area contributed by atoms with Crippen molar-refractivity contribution in [3.63, 3.8) is 0 Å². The average molecular weight is 278 g/mol. The van der Waals surface area contributed by atoms with Crippen LogP contribution >= 0.6 is 11.6 Å². The molecule has 0 atom stereocenters. The number of hydrogen-bond acceptors (Lipinski definition) is 1. The van der Waals surface area contributed by atoms with E-state index in [1.807, 2.05) is 6.20 Å². The van der Waals surface area contributed by atoms with Gasteiger partial charge in [0.15, 0.2) is 0 Å². The lowest BCUT2D eigenvalue weighted by Gasteiger charge is -2.02. The van der Waals surface area contributed by atoms with Crippen LogP contribution in [-0.4, -0.2) is 12.1 Å². The van der Waals surface area contributed by atoms with Crippen LogP contribution in [0.1, 0.15) is 37.8 Å². The van der Waals surface area contributed by atoms with Crippen LogP contribution in [0.3, 0.4) is 0 Å². The number of rotatable bonds is 5. The zero-order valence-electron chi connectivity index (χ0n) is 12.4. The summed E-state index contributed by atoms with van der Waals surface area (Å²) in [6.45, 7) is 6.35. The molecule has 0 aliphatic carbocycles. The van der Waals surface area contributed by atoms with Crippen molar-refractivity contribution in [2.24, 2.45) is 4.99 Å². The number of allylic oxidation sites excluding steroid dienone is 3. The quantitative estimate of drug-likeness (QED) is 0.496. The third kappa shape index (κ3) is 7.63. The summed E-state index contributed by atoms with van der Waals surface area (Å²) >= 11 is 4.64. The van der Waals surface area contributed by atoms with Gasteiger partial charge in [-0.2, -0.15) is 0 Å². The summed E-state index contributed by atoms with van der Waals surface area (Å²) in [4.78, 5) is 4.51. The molecule has 0 N–H and O–H groups in total. The molecule has 0 aromatic heterocycles. The fraction of sp³-hybridized carbons (Fsp3) is 0.353. The van der Waals surface area contributed by atoms with Crippen LogP contribution in [-0.2, 0) is 0 Å². The van der Waals surface area contributed by atoms with Crippen molar-refractivity contribution in [1.82, 2.24) is 0 Å². The molecule has 0 radical (unpaired) electrons. The van der Waals surface area contributed by atoms with E-state index in [2.05, 4.69) is 79.9 Å². The first-order valence-electron chi connectivity index (χ1n) is 6.62. The summed E-state index contributed by atoms with van der Waals surface area (Å²) in [5, 5.41) is 0. The summed E-state index contributed by atoms with van der Waals surface area (Å²) in [6.07, 6.45) is 11.7. The van der Waals surface area contributed by atoms with Gasteiger partial charge in [0.05, 0.1) is 5.71 Å². The van der Waals surface area contributed by atoms with Crippen molar-refractivity contribution in [3.8, 4) is 0 Å². The molecule has 0 aliphatic rings. The highest BCUT2D eigenvalue weighted by molar-refractivity contribution is 6.15. The van der Waals surface area contributed by atoms with Crippen molar-refractivity contribution >= 4 is 17.3 Å². The minimum absolute atomic E-state index is 1.02. The maximum Gasteiger partial charge on any atom is 0.0698 e. The van der Waals surface area contributed by atoms with E-state index < -0.39 is 0 Å². The van der Waals surface area contributed by atoms with E-state index in [1.165, 1.54) is 17.5 Å². The maximum atomic E-state index is 4.64. The molecule has 0 saturated carbocycles. The molecule has 19 heavy (non-hydrogen) atoms. The second-order valence-electron chi connectivity index (χ2n) is 3.99. The summed E-state index contributed by atoms with van der Waals surface area (Å²) < 4.78 is 0. The summed E-state index contributed by atoms with van der Waals surface area (Å²) in [7, 11) is 0. The van der Waals surface area contributed by atoms with E-state index >= 15 is 0 Å². The average Bonchev–Trinajstić information content (AvgIpc) is 2.45. The molecule has 1 rings (SSSR count). The molecule has 0 spiro atoms. The van der Waals surface area contributed by atoms with Gasteiger partial charge in [-0.15, -0.1) is 11.6 Å². The fourth-order valence-corrected chi connectivity index (χ4v) is 1.49. The van der Waals surface area contributed by atoms with Crippen molar-refractivity contribution in [3.05, 3.63) is 59.8 Å². The van der Waals surface area contributed by atoms with Gasteiger partial charge in [-0.05, 0) is 31.9 Å². The van der Waals surface area contributed by atoms with Crippen LogP contribution in [0.15, 0.2) is 53.7 Å². The molecule has 0 saturated heterocycles. The van der Waals surface area contributed by atoms with E-state index in [1.54, 1.807) is 0 Å². The summed E-state index contributed by atoms with van der Waals surface area (Å²) in [6, 6.07) is 8.44. The molecule has 104 valence electrons. The number of alkyl halides is 1. The first-order chi connectivity index (χ1) is 9.27. The topological polar surface area (TPSA) is 12.4 Å². The highest BCUT2D eigenvalue weighted by atomic mass is 35.5. The van der Waals surface area contributed by atoms with Crippen molar-refractivity contribution in [2.45, 2.75) is 33.6 Å². The van der Waals surface area contributed by atoms with Crippen LogP contribution in [0.4, 0.5) is 0 Å². The Labute approximate surface area is 122 Å². The standard InChI is InChI=1S/C16H21N.CH3Cl/c1-4-6-11-16(17-12-7-5-2)15-10-8-9-14(3)13-15;1-2/h6-13H,4-5H2,1-3H3;1H3/b11-6-,12-7+,17-16+;. The van der Waals surface area contributed by atoms with Crippen molar-refractivity contribution in [1.29, 1.82) is 0 Å². The molecule has 0 aliphatic heterocycles. The number of aliphatic imine (C=N–C) groups is 1. The van der Waals surface area contributed by atoms with Gasteiger partial charge in [0.2, 0.25) is 0 Å². The molecule has 0 fully saturated rings. The lowest BCUT2D eigenvalue weighted by Crippen LogP contribution is -1.96. The molecule has 1 aromatic rings. The molecule has 0 amide bonds. The Morgan fingerprint density at radius 2 is 1.84 bits per heavy atom. The van der Waals surface area contributed by atoms with Crippen LogP contribution in [0.2, 0.25) is 0 Å². The van der Waals surface area contributed by atoms with Crippen molar-refractivity contribution < 1.29 is 0 Å². The van der Waals surface area contributed by atoms with E-state index in [4.69, 9.17) is 0 Å². The largest absolute Gasteiger partial charge is 0.257 e. The number of hydrogen-bond donors (Lipinski definition) is 0. The fourth-order valence-electron chi connectivity index (χ4n) is 1.49. The first-order valence-corrected chi connectivity index (χ1v) is 7.37. The zero-order chi connectivity index (χ0) is 14.5. The molecule has 1 nitrogen and oxygen atoms in total. The minimum atomic E-state index is 1.02. The molecule has 1 aromatic carbocycles. The van der Waals surface area contributed by atoms with Crippen molar-refractivity contribution in [2.75, 3.05) is 6.38 Å². The molecule has 0 heterocycles. The lowest BCUT2D eigenvalue weighted by atomic mass is 10.1. The van der Waals surface area contributed by atoms with E-state index in [-0.39, 0.29) is 0 Å². The minimum Gasteiger partial charge on any atom is -0.257 e. The number of aryl methyl sites for hydroxylation is 1. The number of nitrogens with zero attached hydrogens (tertiary/aromatic N) is 1. The first kappa shape index (κ1) is 17.7. The second-order valence-corrected chi connectivity index (χ2v) is 3.99. The Kier molecular flexibility index (Phi) is 10.9. The predicted octanol–water partition coefficient (Wildman–Crippen LogP) is 5.53. The Hall–Kier alpha value is -1.34. The van der Waals surface area contributed by atoms with Crippen LogP contribution in [0.5, 0.6) is 0 Å². The predicted molar refractivity (Wildman–Crippen MR) is 88.4 cm³/mol. The van der Waals surface area contributed by atoms with Gasteiger partial charge in [0.25, 0.3) is 0 Å². The summed E-state index contributed by atoms with van der Waals surface area (Å²) in [5.41, 5.74) is 3.47. The van der Waals surface area contributed by atoms with Gasteiger partial charge in [-0.1, -0.05) is 49.8 Å². The second kappa shape index (κ2) is 11.7. The lowest BCUT2D eigenvalue weighted by molar-refractivity contribution is 1.21.